The summed E-state index contributed by atoms with van der Waals surface area (Å²) in [4.78, 5) is 2.41. The molecule has 0 bridgehead atoms. The number of nitriles is 1. The molecule has 20 heavy (non-hydrogen) atoms. The van der Waals surface area contributed by atoms with Gasteiger partial charge in [0.25, 0.3) is 0 Å². The normalized spacial score (nSPS) is 26.4. The van der Waals surface area contributed by atoms with Gasteiger partial charge >= 0.3 is 0 Å². The van der Waals surface area contributed by atoms with Crippen LogP contribution in [0.15, 0.2) is 28.7 Å². The van der Waals surface area contributed by atoms with Gasteiger partial charge < -0.3 is 10.6 Å². The van der Waals surface area contributed by atoms with Crippen LogP contribution in [0.5, 0.6) is 0 Å². The molecule has 1 saturated carbocycles. The van der Waals surface area contributed by atoms with Crippen molar-refractivity contribution in [1.82, 2.24) is 4.90 Å². The first kappa shape index (κ1) is 15.5. The van der Waals surface area contributed by atoms with Crippen molar-refractivity contribution in [2.24, 2.45) is 5.73 Å². The molecular formula is C16H22BrN3. The van der Waals surface area contributed by atoms with E-state index < -0.39 is 5.54 Å². The average Bonchev–Trinajstić information content (AvgIpc) is 2.47. The number of benzene rings is 1. The van der Waals surface area contributed by atoms with Crippen LogP contribution in [0.4, 0.5) is 0 Å². The van der Waals surface area contributed by atoms with Crippen molar-refractivity contribution in [2.75, 3.05) is 13.6 Å². The van der Waals surface area contributed by atoms with Gasteiger partial charge in [0.2, 0.25) is 0 Å². The fourth-order valence-corrected chi connectivity index (χ4v) is 3.33. The average molecular weight is 336 g/mol. The van der Waals surface area contributed by atoms with Crippen molar-refractivity contribution >= 4 is 15.9 Å². The molecular weight excluding hydrogens is 314 g/mol. The zero-order valence-corrected chi connectivity index (χ0v) is 13.6. The quantitative estimate of drug-likeness (QED) is 0.919. The van der Waals surface area contributed by atoms with E-state index in [1.165, 1.54) is 10.0 Å². The summed E-state index contributed by atoms with van der Waals surface area (Å²) in [5, 5.41) is 9.06. The van der Waals surface area contributed by atoms with Crippen LogP contribution in [0.25, 0.3) is 0 Å². The Bertz CT molecular complexity index is 487. The van der Waals surface area contributed by atoms with Crippen LogP contribution in [0.1, 0.15) is 31.2 Å². The standard InChI is InChI=1S/C16H22BrN3/c1-20(11-8-13-4-2-3-5-15(13)17)14-6-9-16(19,12-18)10-7-14/h2-5,14H,6-11,19H2,1H3. The largest absolute Gasteiger partial charge is 0.313 e. The number of likely N-dealkylation sites (N-methyl/N-ethyl adjacent to an activating group) is 1. The molecule has 3 nitrogen and oxygen atoms in total. The molecule has 1 fully saturated rings. The Balaban J connectivity index is 1.83. The number of nitrogens with two attached hydrogens (primary N) is 1. The highest BCUT2D eigenvalue weighted by Crippen LogP contribution is 2.28. The summed E-state index contributed by atoms with van der Waals surface area (Å²) in [6.07, 6.45) is 4.72. The highest BCUT2D eigenvalue weighted by molar-refractivity contribution is 9.10. The molecule has 2 N–H and O–H groups in total. The van der Waals surface area contributed by atoms with Crippen LogP contribution in [0, 0.1) is 11.3 Å². The third-order valence-corrected chi connectivity index (χ3v) is 5.16. The molecule has 0 atom stereocenters. The van der Waals surface area contributed by atoms with Crippen molar-refractivity contribution in [3.05, 3.63) is 34.3 Å². The fourth-order valence-electron chi connectivity index (χ4n) is 2.85. The number of rotatable bonds is 4. The Morgan fingerprint density at radius 3 is 2.65 bits per heavy atom. The van der Waals surface area contributed by atoms with Gasteiger partial charge in [-0.25, -0.2) is 0 Å². The second-order valence-electron chi connectivity index (χ2n) is 5.82. The van der Waals surface area contributed by atoms with Crippen LogP contribution in [0.2, 0.25) is 0 Å². The second-order valence-corrected chi connectivity index (χ2v) is 6.68. The Hall–Kier alpha value is -0.890. The Labute approximate surface area is 129 Å². The summed E-state index contributed by atoms with van der Waals surface area (Å²) in [6, 6.07) is 11.2. The van der Waals surface area contributed by atoms with Gasteiger partial charge in [-0.1, -0.05) is 34.1 Å². The van der Waals surface area contributed by atoms with Gasteiger partial charge in [0, 0.05) is 17.1 Å². The number of hydrogen-bond acceptors (Lipinski definition) is 3. The summed E-state index contributed by atoms with van der Waals surface area (Å²) in [5.41, 5.74) is 6.78. The summed E-state index contributed by atoms with van der Waals surface area (Å²) in [6.45, 7) is 1.04. The zero-order valence-electron chi connectivity index (χ0n) is 12.0. The van der Waals surface area contributed by atoms with Crippen LogP contribution in [-0.2, 0) is 6.42 Å². The minimum Gasteiger partial charge on any atom is -0.313 e. The van der Waals surface area contributed by atoms with Crippen LogP contribution >= 0.6 is 15.9 Å². The zero-order chi connectivity index (χ0) is 14.6. The Morgan fingerprint density at radius 1 is 1.40 bits per heavy atom. The van der Waals surface area contributed by atoms with Gasteiger partial charge in [-0.15, -0.1) is 0 Å². The van der Waals surface area contributed by atoms with Crippen molar-refractivity contribution in [1.29, 1.82) is 5.26 Å². The minimum atomic E-state index is -0.584. The van der Waals surface area contributed by atoms with Crippen LogP contribution in [0.3, 0.4) is 0 Å². The summed E-state index contributed by atoms with van der Waals surface area (Å²) in [7, 11) is 2.18. The van der Waals surface area contributed by atoms with E-state index in [0.717, 1.165) is 38.6 Å². The molecule has 1 aromatic rings. The molecule has 4 heteroatoms. The van der Waals surface area contributed by atoms with Gasteiger partial charge in [-0.05, 0) is 50.8 Å². The van der Waals surface area contributed by atoms with E-state index >= 15 is 0 Å². The second kappa shape index (κ2) is 6.71. The predicted molar refractivity (Wildman–Crippen MR) is 85.3 cm³/mol. The molecule has 0 aliphatic heterocycles. The van der Waals surface area contributed by atoms with Crippen LogP contribution in [-0.4, -0.2) is 30.1 Å². The molecule has 108 valence electrons. The monoisotopic (exact) mass is 335 g/mol. The molecule has 1 aliphatic rings. The lowest BCUT2D eigenvalue weighted by molar-refractivity contribution is 0.169. The lowest BCUT2D eigenvalue weighted by Crippen LogP contribution is -2.47. The molecule has 0 amide bonds. The van der Waals surface area contributed by atoms with Crippen molar-refractivity contribution in [3.63, 3.8) is 0 Å². The van der Waals surface area contributed by atoms with Gasteiger partial charge in [0.05, 0.1) is 6.07 Å². The van der Waals surface area contributed by atoms with E-state index in [1.54, 1.807) is 0 Å². The molecule has 0 aromatic heterocycles. The lowest BCUT2D eigenvalue weighted by Gasteiger charge is -2.36. The molecule has 1 aliphatic carbocycles. The van der Waals surface area contributed by atoms with E-state index in [1.807, 2.05) is 6.07 Å². The third-order valence-electron chi connectivity index (χ3n) is 4.39. The molecule has 0 unspecified atom stereocenters. The maximum absolute atomic E-state index is 9.06. The van der Waals surface area contributed by atoms with Gasteiger partial charge in [-0.2, -0.15) is 5.26 Å². The molecule has 2 rings (SSSR count). The maximum atomic E-state index is 9.06. The van der Waals surface area contributed by atoms with E-state index in [2.05, 4.69) is 52.1 Å². The Kier molecular flexibility index (Phi) is 5.20. The van der Waals surface area contributed by atoms with Gasteiger partial charge in [-0.3, -0.25) is 0 Å². The van der Waals surface area contributed by atoms with E-state index in [0.29, 0.717) is 6.04 Å². The Morgan fingerprint density at radius 2 is 2.05 bits per heavy atom. The highest BCUT2D eigenvalue weighted by Gasteiger charge is 2.32. The number of nitrogens with zero attached hydrogens (tertiary/aromatic N) is 2. The van der Waals surface area contributed by atoms with E-state index in [4.69, 9.17) is 11.0 Å². The SMILES string of the molecule is CN(CCc1ccccc1Br)C1CCC(N)(C#N)CC1. The molecule has 0 saturated heterocycles. The molecule has 1 aromatic carbocycles. The minimum absolute atomic E-state index is 0.558. The first-order valence-corrected chi connectivity index (χ1v) is 7.97. The highest BCUT2D eigenvalue weighted by atomic mass is 79.9. The maximum Gasteiger partial charge on any atom is 0.104 e. The van der Waals surface area contributed by atoms with Gasteiger partial charge in [0.1, 0.15) is 5.54 Å². The van der Waals surface area contributed by atoms with E-state index in [-0.39, 0.29) is 0 Å². The van der Waals surface area contributed by atoms with Crippen molar-refractivity contribution in [2.45, 2.75) is 43.7 Å². The van der Waals surface area contributed by atoms with Crippen LogP contribution < -0.4 is 5.73 Å². The summed E-state index contributed by atoms with van der Waals surface area (Å²) >= 11 is 3.60. The smallest absolute Gasteiger partial charge is 0.104 e. The number of halogens is 1. The number of hydrogen-bond donors (Lipinski definition) is 1. The lowest BCUT2D eigenvalue weighted by atomic mass is 9.81. The van der Waals surface area contributed by atoms with E-state index in [9.17, 15) is 0 Å². The molecule has 0 heterocycles. The third kappa shape index (κ3) is 3.82. The first-order chi connectivity index (χ1) is 9.54. The van der Waals surface area contributed by atoms with Gasteiger partial charge in [0.15, 0.2) is 0 Å². The summed E-state index contributed by atoms with van der Waals surface area (Å²) in [5.74, 6) is 0. The molecule has 0 spiro atoms. The first-order valence-electron chi connectivity index (χ1n) is 7.18. The predicted octanol–water partition coefficient (Wildman–Crippen LogP) is 3.09. The molecule has 0 radical (unpaired) electrons. The summed E-state index contributed by atoms with van der Waals surface area (Å²) < 4.78 is 1.18. The fraction of sp³-hybridized carbons (Fsp3) is 0.562. The van der Waals surface area contributed by atoms with Crippen molar-refractivity contribution in [3.8, 4) is 6.07 Å². The topological polar surface area (TPSA) is 53.0 Å². The van der Waals surface area contributed by atoms with Crippen molar-refractivity contribution < 1.29 is 0 Å².